The van der Waals surface area contributed by atoms with E-state index in [4.69, 9.17) is 0 Å². The van der Waals surface area contributed by atoms with Gasteiger partial charge in [-0.3, -0.25) is 9.78 Å². The van der Waals surface area contributed by atoms with E-state index < -0.39 is 0 Å². The minimum atomic E-state index is -0.0214. The van der Waals surface area contributed by atoms with Crippen molar-refractivity contribution in [3.05, 3.63) is 36.7 Å². The Morgan fingerprint density at radius 1 is 1.31 bits per heavy atom. The number of nitrogens with zero attached hydrogens (tertiary/aromatic N) is 1. The van der Waals surface area contributed by atoms with Gasteiger partial charge in [-0.1, -0.05) is 26.0 Å². The lowest BCUT2D eigenvalue weighted by Crippen LogP contribution is -2.17. The van der Waals surface area contributed by atoms with Gasteiger partial charge in [0.2, 0.25) is 5.91 Å². The molecule has 0 unspecified atom stereocenters. The van der Waals surface area contributed by atoms with Gasteiger partial charge in [0.05, 0.1) is 5.69 Å². The Hall–Kier alpha value is -1.90. The summed E-state index contributed by atoms with van der Waals surface area (Å²) in [5.41, 5.74) is 0.823. The highest BCUT2D eigenvalue weighted by molar-refractivity contribution is 6.02. The highest BCUT2D eigenvalue weighted by Crippen LogP contribution is 2.22. The normalized spacial score (nSPS) is 10.7. The van der Waals surface area contributed by atoms with Crippen LogP contribution >= 0.6 is 0 Å². The molecule has 0 aliphatic carbocycles. The predicted octanol–water partition coefficient (Wildman–Crippen LogP) is 2.83. The van der Waals surface area contributed by atoms with E-state index in [1.165, 1.54) is 0 Å². The van der Waals surface area contributed by atoms with Crippen molar-refractivity contribution >= 4 is 22.4 Å². The minimum Gasteiger partial charge on any atom is -0.325 e. The minimum absolute atomic E-state index is 0.0214. The van der Waals surface area contributed by atoms with Crippen molar-refractivity contribution in [2.24, 2.45) is 5.92 Å². The second kappa shape index (κ2) is 4.31. The van der Waals surface area contributed by atoms with E-state index >= 15 is 0 Å². The third kappa shape index (κ3) is 2.03. The SMILES string of the molecule is CC(C)C(=O)Nc1cccc2ccncc12. The zero-order valence-corrected chi connectivity index (χ0v) is 9.40. The van der Waals surface area contributed by atoms with Gasteiger partial charge in [-0.2, -0.15) is 0 Å². The van der Waals surface area contributed by atoms with Crippen LogP contribution in [0.4, 0.5) is 5.69 Å². The van der Waals surface area contributed by atoms with E-state index in [1.54, 1.807) is 12.4 Å². The maximum atomic E-state index is 11.6. The highest BCUT2D eigenvalue weighted by atomic mass is 16.1. The van der Waals surface area contributed by atoms with Gasteiger partial charge in [0.25, 0.3) is 0 Å². The predicted molar refractivity (Wildman–Crippen MR) is 65.2 cm³/mol. The average molecular weight is 214 g/mol. The van der Waals surface area contributed by atoms with Crippen molar-refractivity contribution in [1.29, 1.82) is 0 Å². The fraction of sp³-hybridized carbons (Fsp3) is 0.231. The van der Waals surface area contributed by atoms with Crippen LogP contribution in [0.15, 0.2) is 36.7 Å². The summed E-state index contributed by atoms with van der Waals surface area (Å²) in [5, 5.41) is 4.96. The molecule has 0 aliphatic heterocycles. The van der Waals surface area contributed by atoms with E-state index in [-0.39, 0.29) is 11.8 Å². The van der Waals surface area contributed by atoms with Crippen LogP contribution in [0.25, 0.3) is 10.8 Å². The highest BCUT2D eigenvalue weighted by Gasteiger charge is 2.08. The number of rotatable bonds is 2. The second-order valence-corrected chi connectivity index (χ2v) is 4.05. The Balaban J connectivity index is 2.41. The lowest BCUT2D eigenvalue weighted by molar-refractivity contribution is -0.118. The molecule has 0 saturated carbocycles. The average Bonchev–Trinajstić information content (AvgIpc) is 2.29. The van der Waals surface area contributed by atoms with Crippen LogP contribution in [0.5, 0.6) is 0 Å². The van der Waals surface area contributed by atoms with Crippen molar-refractivity contribution in [3.8, 4) is 0 Å². The Kier molecular flexibility index (Phi) is 2.86. The molecule has 16 heavy (non-hydrogen) atoms. The first-order valence-electron chi connectivity index (χ1n) is 5.32. The molecular formula is C13H14N2O. The molecule has 3 nitrogen and oxygen atoms in total. The molecule has 1 N–H and O–H groups in total. The first-order valence-corrected chi connectivity index (χ1v) is 5.32. The Labute approximate surface area is 94.5 Å². The number of nitrogens with one attached hydrogen (secondary N) is 1. The number of hydrogen-bond donors (Lipinski definition) is 1. The summed E-state index contributed by atoms with van der Waals surface area (Å²) in [5.74, 6) is 0.00304. The van der Waals surface area contributed by atoms with Crippen LogP contribution in [0.2, 0.25) is 0 Å². The molecule has 1 aromatic heterocycles. The van der Waals surface area contributed by atoms with Crippen LogP contribution in [0.3, 0.4) is 0 Å². The number of hydrogen-bond acceptors (Lipinski definition) is 2. The van der Waals surface area contributed by atoms with Crippen molar-refractivity contribution in [3.63, 3.8) is 0 Å². The number of carbonyl (C=O) groups excluding carboxylic acids is 1. The standard InChI is InChI=1S/C13H14N2O/c1-9(2)13(16)15-12-5-3-4-10-6-7-14-8-11(10)12/h3-9H,1-2H3,(H,15,16). The molecule has 0 aliphatic rings. The topological polar surface area (TPSA) is 42.0 Å². The number of aromatic nitrogens is 1. The van der Waals surface area contributed by atoms with Crippen LogP contribution in [-0.4, -0.2) is 10.9 Å². The molecular weight excluding hydrogens is 200 g/mol. The molecule has 0 fully saturated rings. The molecule has 0 saturated heterocycles. The number of anilines is 1. The van der Waals surface area contributed by atoms with Gasteiger partial charge in [0.15, 0.2) is 0 Å². The smallest absolute Gasteiger partial charge is 0.226 e. The fourth-order valence-corrected chi connectivity index (χ4v) is 1.50. The molecule has 0 radical (unpaired) electrons. The van der Waals surface area contributed by atoms with Crippen LogP contribution in [0.1, 0.15) is 13.8 Å². The lowest BCUT2D eigenvalue weighted by atomic mass is 10.1. The monoisotopic (exact) mass is 214 g/mol. The Bertz CT molecular complexity index is 515. The van der Waals surface area contributed by atoms with Crippen molar-refractivity contribution < 1.29 is 4.79 Å². The summed E-state index contributed by atoms with van der Waals surface area (Å²) in [6.07, 6.45) is 3.52. The lowest BCUT2D eigenvalue weighted by Gasteiger charge is -2.09. The first-order chi connectivity index (χ1) is 7.68. The van der Waals surface area contributed by atoms with Crippen molar-refractivity contribution in [2.75, 3.05) is 5.32 Å². The summed E-state index contributed by atoms with van der Waals surface area (Å²) in [6, 6.07) is 7.75. The Morgan fingerprint density at radius 3 is 2.88 bits per heavy atom. The number of benzene rings is 1. The van der Waals surface area contributed by atoms with Gasteiger partial charge >= 0.3 is 0 Å². The maximum absolute atomic E-state index is 11.6. The van der Waals surface area contributed by atoms with Crippen molar-refractivity contribution in [2.45, 2.75) is 13.8 Å². The fourth-order valence-electron chi connectivity index (χ4n) is 1.50. The van der Waals surface area contributed by atoms with E-state index in [0.717, 1.165) is 16.5 Å². The first kappa shape index (κ1) is 10.6. The molecule has 1 amide bonds. The molecule has 0 bridgehead atoms. The second-order valence-electron chi connectivity index (χ2n) is 4.05. The molecule has 1 aromatic carbocycles. The van der Waals surface area contributed by atoms with Gasteiger partial charge in [-0.15, -0.1) is 0 Å². The van der Waals surface area contributed by atoms with E-state index in [1.807, 2.05) is 38.1 Å². The molecule has 3 heteroatoms. The van der Waals surface area contributed by atoms with Gasteiger partial charge in [0.1, 0.15) is 0 Å². The summed E-state index contributed by atoms with van der Waals surface area (Å²) in [4.78, 5) is 15.7. The zero-order chi connectivity index (χ0) is 11.5. The molecule has 0 spiro atoms. The third-order valence-electron chi connectivity index (χ3n) is 2.47. The third-order valence-corrected chi connectivity index (χ3v) is 2.47. The van der Waals surface area contributed by atoms with Crippen LogP contribution in [0, 0.1) is 5.92 Å². The van der Waals surface area contributed by atoms with Gasteiger partial charge in [-0.25, -0.2) is 0 Å². The zero-order valence-electron chi connectivity index (χ0n) is 9.40. The molecule has 0 atom stereocenters. The molecule has 1 heterocycles. The number of fused-ring (bicyclic) bond motifs is 1. The summed E-state index contributed by atoms with van der Waals surface area (Å²) in [7, 11) is 0. The van der Waals surface area contributed by atoms with Crippen LogP contribution in [-0.2, 0) is 4.79 Å². The summed E-state index contributed by atoms with van der Waals surface area (Å²) >= 11 is 0. The van der Waals surface area contributed by atoms with Crippen molar-refractivity contribution in [1.82, 2.24) is 4.98 Å². The largest absolute Gasteiger partial charge is 0.325 e. The van der Waals surface area contributed by atoms with Crippen LogP contribution < -0.4 is 5.32 Å². The summed E-state index contributed by atoms with van der Waals surface area (Å²) < 4.78 is 0. The van der Waals surface area contributed by atoms with Gasteiger partial charge < -0.3 is 5.32 Å². The number of carbonyl (C=O) groups is 1. The summed E-state index contributed by atoms with van der Waals surface area (Å²) in [6.45, 7) is 3.75. The molecule has 2 rings (SSSR count). The van der Waals surface area contributed by atoms with Gasteiger partial charge in [0, 0.05) is 23.7 Å². The maximum Gasteiger partial charge on any atom is 0.226 e. The Morgan fingerprint density at radius 2 is 2.12 bits per heavy atom. The van der Waals surface area contributed by atoms with E-state index in [0.29, 0.717) is 0 Å². The van der Waals surface area contributed by atoms with E-state index in [9.17, 15) is 4.79 Å². The quantitative estimate of drug-likeness (QED) is 0.835. The van der Waals surface area contributed by atoms with Gasteiger partial charge in [-0.05, 0) is 17.5 Å². The molecule has 2 aromatic rings. The molecule has 82 valence electrons. The van der Waals surface area contributed by atoms with E-state index in [2.05, 4.69) is 10.3 Å². The number of pyridine rings is 1. The number of amides is 1.